The van der Waals surface area contributed by atoms with Crippen LogP contribution < -0.4 is 0 Å². The summed E-state index contributed by atoms with van der Waals surface area (Å²) >= 11 is 5.46. The van der Waals surface area contributed by atoms with Gasteiger partial charge < -0.3 is 4.74 Å². The number of pyridine rings is 1. The molecule has 0 N–H and O–H groups in total. The molecular formula is C8H9ClFNO. The van der Waals surface area contributed by atoms with Gasteiger partial charge in [-0.25, -0.2) is 9.37 Å². The molecule has 0 spiro atoms. The largest absolute Gasteiger partial charge is 0.380 e. The van der Waals surface area contributed by atoms with Gasteiger partial charge in [-0.2, -0.15) is 0 Å². The van der Waals surface area contributed by atoms with Crippen molar-refractivity contribution in [3.63, 3.8) is 0 Å². The molecule has 0 aliphatic rings. The summed E-state index contributed by atoms with van der Waals surface area (Å²) in [7, 11) is 1.55. The average Bonchev–Trinajstić information content (AvgIpc) is 2.07. The lowest BCUT2D eigenvalue weighted by Gasteiger charge is -2.05. The van der Waals surface area contributed by atoms with Crippen molar-refractivity contribution in [3.8, 4) is 0 Å². The predicted octanol–water partition coefficient (Wildman–Crippen LogP) is 2.33. The van der Waals surface area contributed by atoms with Gasteiger partial charge in [-0.15, -0.1) is 0 Å². The second-order valence-electron chi connectivity index (χ2n) is 2.45. The summed E-state index contributed by atoms with van der Waals surface area (Å²) in [4.78, 5) is 3.67. The third-order valence-electron chi connectivity index (χ3n) is 1.63. The molecule has 0 unspecified atom stereocenters. The fraction of sp³-hybridized carbons (Fsp3) is 0.375. The summed E-state index contributed by atoms with van der Waals surface area (Å²) in [6.07, 6.45) is 1.52. The molecule has 0 atom stereocenters. The Balaban J connectivity index is 3.08. The van der Waals surface area contributed by atoms with E-state index < -0.39 is 5.82 Å². The first-order valence-corrected chi connectivity index (χ1v) is 3.83. The number of hydrogen-bond donors (Lipinski definition) is 0. The van der Waals surface area contributed by atoms with Crippen LogP contribution in [0.2, 0.25) is 5.15 Å². The van der Waals surface area contributed by atoms with Crippen LogP contribution in [0.25, 0.3) is 0 Å². The molecular weight excluding hydrogens is 181 g/mol. The van der Waals surface area contributed by atoms with E-state index in [1.54, 1.807) is 14.0 Å². The van der Waals surface area contributed by atoms with Gasteiger partial charge in [0.05, 0.1) is 6.61 Å². The third kappa shape index (κ3) is 1.73. The number of ether oxygens (including phenoxy) is 1. The maximum atomic E-state index is 13.1. The van der Waals surface area contributed by atoms with Crippen molar-refractivity contribution in [2.24, 2.45) is 0 Å². The van der Waals surface area contributed by atoms with E-state index in [0.29, 0.717) is 12.2 Å². The topological polar surface area (TPSA) is 22.1 Å². The lowest BCUT2D eigenvalue weighted by molar-refractivity contribution is 0.183. The van der Waals surface area contributed by atoms with Gasteiger partial charge in [0.25, 0.3) is 0 Å². The maximum absolute atomic E-state index is 13.1. The zero-order valence-electron chi connectivity index (χ0n) is 6.90. The van der Waals surface area contributed by atoms with Crippen molar-refractivity contribution in [2.45, 2.75) is 13.5 Å². The van der Waals surface area contributed by atoms with Crippen LogP contribution in [0.4, 0.5) is 4.39 Å². The van der Waals surface area contributed by atoms with Crippen molar-refractivity contribution in [3.05, 3.63) is 28.3 Å². The van der Waals surface area contributed by atoms with Gasteiger partial charge in [0.15, 0.2) is 11.0 Å². The Hall–Kier alpha value is -0.670. The minimum atomic E-state index is -0.466. The molecule has 0 aromatic carbocycles. The van der Waals surface area contributed by atoms with Gasteiger partial charge in [-0.1, -0.05) is 11.6 Å². The molecule has 1 rings (SSSR count). The Labute approximate surface area is 75.3 Å². The molecule has 1 heterocycles. The number of nitrogens with zero attached hydrogens (tertiary/aromatic N) is 1. The van der Waals surface area contributed by atoms with Crippen LogP contribution in [0.3, 0.4) is 0 Å². The summed E-state index contributed by atoms with van der Waals surface area (Å²) in [5.41, 5.74) is 1.22. The zero-order valence-corrected chi connectivity index (χ0v) is 7.65. The second-order valence-corrected chi connectivity index (χ2v) is 2.80. The summed E-state index contributed by atoms with van der Waals surface area (Å²) in [5.74, 6) is -0.466. The molecule has 1 aromatic heterocycles. The monoisotopic (exact) mass is 189 g/mol. The van der Waals surface area contributed by atoms with Gasteiger partial charge in [0, 0.05) is 18.9 Å². The van der Waals surface area contributed by atoms with Crippen LogP contribution in [0.5, 0.6) is 0 Å². The van der Waals surface area contributed by atoms with E-state index in [2.05, 4.69) is 4.98 Å². The van der Waals surface area contributed by atoms with E-state index in [1.807, 2.05) is 0 Å². The van der Waals surface area contributed by atoms with Crippen molar-refractivity contribution in [1.29, 1.82) is 0 Å². The number of halogens is 2. The maximum Gasteiger partial charge on any atom is 0.165 e. The first-order chi connectivity index (χ1) is 5.66. The lowest BCUT2D eigenvalue weighted by Crippen LogP contribution is -1.97. The van der Waals surface area contributed by atoms with E-state index in [4.69, 9.17) is 16.3 Å². The first-order valence-electron chi connectivity index (χ1n) is 3.45. The molecule has 2 nitrogen and oxygen atoms in total. The second kappa shape index (κ2) is 3.83. The molecule has 0 saturated carbocycles. The minimum Gasteiger partial charge on any atom is -0.380 e. The fourth-order valence-corrected chi connectivity index (χ4v) is 1.08. The van der Waals surface area contributed by atoms with E-state index in [-0.39, 0.29) is 5.15 Å². The summed E-state index contributed by atoms with van der Waals surface area (Å²) in [6, 6.07) is 0. The number of hydrogen-bond acceptors (Lipinski definition) is 2. The van der Waals surface area contributed by atoms with Gasteiger partial charge in [0.1, 0.15) is 0 Å². The van der Waals surface area contributed by atoms with Gasteiger partial charge in [-0.05, 0) is 12.5 Å². The van der Waals surface area contributed by atoms with Crippen LogP contribution in [-0.4, -0.2) is 12.1 Å². The molecule has 0 radical (unpaired) electrons. The van der Waals surface area contributed by atoms with Gasteiger partial charge in [-0.3, -0.25) is 0 Å². The Morgan fingerprint density at radius 1 is 1.67 bits per heavy atom. The highest BCUT2D eigenvalue weighted by molar-refractivity contribution is 6.29. The van der Waals surface area contributed by atoms with Crippen molar-refractivity contribution < 1.29 is 9.13 Å². The van der Waals surface area contributed by atoms with Crippen LogP contribution >= 0.6 is 11.6 Å². The highest BCUT2D eigenvalue weighted by atomic mass is 35.5. The molecule has 12 heavy (non-hydrogen) atoms. The van der Waals surface area contributed by atoms with Crippen molar-refractivity contribution in [2.75, 3.05) is 7.11 Å². The van der Waals surface area contributed by atoms with E-state index in [9.17, 15) is 4.39 Å². The highest BCUT2D eigenvalue weighted by Gasteiger charge is 2.08. The van der Waals surface area contributed by atoms with Crippen LogP contribution in [0, 0.1) is 12.7 Å². The SMILES string of the molecule is COCc1cnc(Cl)c(F)c1C. The Kier molecular flexibility index (Phi) is 3.00. The van der Waals surface area contributed by atoms with Crippen LogP contribution in [-0.2, 0) is 11.3 Å². The van der Waals surface area contributed by atoms with Crippen molar-refractivity contribution in [1.82, 2.24) is 4.98 Å². The third-order valence-corrected chi connectivity index (χ3v) is 1.89. The van der Waals surface area contributed by atoms with Crippen molar-refractivity contribution >= 4 is 11.6 Å². The lowest BCUT2D eigenvalue weighted by atomic mass is 10.2. The van der Waals surface area contributed by atoms with E-state index in [1.165, 1.54) is 6.20 Å². The van der Waals surface area contributed by atoms with Crippen LogP contribution in [0.15, 0.2) is 6.20 Å². The molecule has 4 heteroatoms. The van der Waals surface area contributed by atoms with Gasteiger partial charge in [0.2, 0.25) is 0 Å². The summed E-state index contributed by atoms with van der Waals surface area (Å²) < 4.78 is 17.9. The standard InChI is InChI=1S/C8H9ClFNO/c1-5-6(4-12-2)3-11-8(9)7(5)10/h3H,4H2,1-2H3. The first kappa shape index (κ1) is 9.42. The minimum absolute atomic E-state index is 0.0904. The van der Waals surface area contributed by atoms with E-state index >= 15 is 0 Å². The molecule has 0 amide bonds. The molecule has 66 valence electrons. The average molecular weight is 190 g/mol. The summed E-state index contributed by atoms with van der Waals surface area (Å²) in [5, 5.41) is -0.0904. The Morgan fingerprint density at radius 3 is 2.92 bits per heavy atom. The Bertz CT molecular complexity index is 291. The zero-order chi connectivity index (χ0) is 9.14. The molecule has 1 aromatic rings. The fourth-order valence-electron chi connectivity index (χ4n) is 0.885. The number of aromatic nitrogens is 1. The molecule has 0 bridgehead atoms. The number of methoxy groups -OCH3 is 1. The van der Waals surface area contributed by atoms with E-state index in [0.717, 1.165) is 5.56 Å². The summed E-state index contributed by atoms with van der Waals surface area (Å²) in [6.45, 7) is 2.00. The smallest absolute Gasteiger partial charge is 0.165 e. The van der Waals surface area contributed by atoms with Gasteiger partial charge >= 0.3 is 0 Å². The van der Waals surface area contributed by atoms with Crippen LogP contribution in [0.1, 0.15) is 11.1 Å². The quantitative estimate of drug-likeness (QED) is 0.667. The molecule has 0 aliphatic carbocycles. The number of rotatable bonds is 2. The normalized spacial score (nSPS) is 10.3. The molecule has 0 aliphatic heterocycles. The Morgan fingerprint density at radius 2 is 2.33 bits per heavy atom. The molecule has 0 saturated heterocycles. The predicted molar refractivity (Wildman–Crippen MR) is 44.7 cm³/mol. The molecule has 0 fully saturated rings. The highest BCUT2D eigenvalue weighted by Crippen LogP contribution is 2.18.